The Kier molecular flexibility index (Phi) is 3.83. The smallest absolute Gasteiger partial charge is 0.269 e. The van der Waals surface area contributed by atoms with Gasteiger partial charge in [-0.3, -0.25) is 19.7 Å². The Balaban J connectivity index is 1.97. The maximum atomic E-state index is 12.6. The van der Waals surface area contributed by atoms with Gasteiger partial charge in [-0.05, 0) is 29.7 Å². The number of rotatable bonds is 3. The molecule has 0 aliphatic heterocycles. The van der Waals surface area contributed by atoms with Crippen molar-refractivity contribution in [2.24, 2.45) is 0 Å². The molecule has 0 unspecified atom stereocenters. The van der Waals surface area contributed by atoms with E-state index >= 15 is 0 Å². The minimum Gasteiger partial charge on any atom is -0.321 e. The summed E-state index contributed by atoms with van der Waals surface area (Å²) in [6.07, 6.45) is 0. The zero-order valence-corrected chi connectivity index (χ0v) is 12.7. The van der Waals surface area contributed by atoms with Gasteiger partial charge in [0.25, 0.3) is 17.2 Å². The molecule has 3 aromatic rings. The summed E-state index contributed by atoms with van der Waals surface area (Å²) >= 11 is 0. The van der Waals surface area contributed by atoms with E-state index in [0.29, 0.717) is 11.2 Å². The molecule has 0 atom stereocenters. The fourth-order valence-corrected chi connectivity index (χ4v) is 2.40. The maximum absolute atomic E-state index is 12.6. The molecule has 0 bridgehead atoms. The van der Waals surface area contributed by atoms with Crippen molar-refractivity contribution in [1.29, 1.82) is 0 Å². The lowest BCUT2D eigenvalue weighted by molar-refractivity contribution is -0.384. The molecular weight excluding hydrogens is 310 g/mol. The fraction of sp³-hybridized carbons (Fsp3) is 0.0588. The third-order valence-electron chi connectivity index (χ3n) is 3.74. The van der Waals surface area contributed by atoms with Crippen molar-refractivity contribution in [1.82, 2.24) is 4.98 Å². The van der Waals surface area contributed by atoms with Crippen molar-refractivity contribution in [3.8, 4) is 0 Å². The summed E-state index contributed by atoms with van der Waals surface area (Å²) < 4.78 is 0. The van der Waals surface area contributed by atoms with E-state index in [9.17, 15) is 19.7 Å². The molecule has 7 nitrogen and oxygen atoms in total. The highest BCUT2D eigenvalue weighted by atomic mass is 16.6. The van der Waals surface area contributed by atoms with Crippen molar-refractivity contribution in [3.63, 3.8) is 0 Å². The maximum Gasteiger partial charge on any atom is 0.269 e. The van der Waals surface area contributed by atoms with Crippen molar-refractivity contribution >= 4 is 28.2 Å². The summed E-state index contributed by atoms with van der Waals surface area (Å²) in [5.41, 5.74) is 0.570. The second-order valence-electron chi connectivity index (χ2n) is 5.24. The Bertz CT molecular complexity index is 993. The van der Waals surface area contributed by atoms with E-state index in [1.807, 2.05) is 6.07 Å². The number of aromatic nitrogens is 1. The predicted molar refractivity (Wildman–Crippen MR) is 90.4 cm³/mol. The summed E-state index contributed by atoms with van der Waals surface area (Å²) in [4.78, 5) is 38.9. The predicted octanol–water partition coefficient (Wildman–Crippen LogP) is 2.71. The van der Waals surface area contributed by atoms with E-state index in [2.05, 4.69) is 4.98 Å². The molecule has 24 heavy (non-hydrogen) atoms. The highest BCUT2D eigenvalue weighted by Gasteiger charge is 2.18. The van der Waals surface area contributed by atoms with Gasteiger partial charge in [-0.1, -0.05) is 18.2 Å². The first-order valence-electron chi connectivity index (χ1n) is 7.12. The van der Waals surface area contributed by atoms with Gasteiger partial charge in [-0.2, -0.15) is 0 Å². The Morgan fingerprint density at radius 1 is 1.12 bits per heavy atom. The highest BCUT2D eigenvalue weighted by Crippen LogP contribution is 2.20. The molecule has 0 saturated heterocycles. The van der Waals surface area contributed by atoms with Gasteiger partial charge in [-0.25, -0.2) is 0 Å². The normalized spacial score (nSPS) is 10.5. The summed E-state index contributed by atoms with van der Waals surface area (Å²) in [7, 11) is 1.51. The number of H-pyrrole nitrogens is 1. The van der Waals surface area contributed by atoms with Gasteiger partial charge in [0.05, 0.1) is 4.92 Å². The molecule has 0 radical (unpaired) electrons. The van der Waals surface area contributed by atoms with Crippen molar-refractivity contribution < 1.29 is 9.72 Å². The number of aromatic amines is 1. The Morgan fingerprint density at radius 3 is 2.46 bits per heavy atom. The van der Waals surface area contributed by atoms with Crippen LogP contribution in [0, 0.1) is 10.1 Å². The molecule has 120 valence electrons. The number of carbonyl (C=O) groups excluding carboxylic acids is 1. The lowest BCUT2D eigenvalue weighted by atomic mass is 10.1. The van der Waals surface area contributed by atoms with Crippen LogP contribution in [0.1, 0.15) is 10.4 Å². The van der Waals surface area contributed by atoms with Crippen LogP contribution in [0.4, 0.5) is 11.4 Å². The number of anilines is 1. The molecule has 7 heteroatoms. The van der Waals surface area contributed by atoms with E-state index in [1.54, 1.807) is 24.3 Å². The third kappa shape index (κ3) is 2.74. The SMILES string of the molecule is CN(C(=O)c1cc2ccccc2[nH]c1=O)c1ccc([N+](=O)[O-])cc1. The van der Waals surface area contributed by atoms with Crippen LogP contribution in [0.2, 0.25) is 0 Å². The molecule has 1 aromatic heterocycles. The van der Waals surface area contributed by atoms with Crippen LogP contribution < -0.4 is 10.5 Å². The number of benzene rings is 2. The van der Waals surface area contributed by atoms with E-state index in [4.69, 9.17) is 0 Å². The number of amides is 1. The summed E-state index contributed by atoms with van der Waals surface area (Å²) in [5, 5.41) is 11.4. The second-order valence-corrected chi connectivity index (χ2v) is 5.24. The minimum absolute atomic E-state index is 0.00885. The number of pyridine rings is 1. The van der Waals surface area contributed by atoms with E-state index in [-0.39, 0.29) is 11.3 Å². The first-order chi connectivity index (χ1) is 11.5. The van der Waals surface area contributed by atoms with Crippen molar-refractivity contribution in [2.45, 2.75) is 0 Å². The highest BCUT2D eigenvalue weighted by molar-refractivity contribution is 6.07. The number of nitro groups is 1. The Morgan fingerprint density at radius 2 is 1.79 bits per heavy atom. The van der Waals surface area contributed by atoms with Crippen LogP contribution >= 0.6 is 0 Å². The zero-order valence-electron chi connectivity index (χ0n) is 12.7. The van der Waals surface area contributed by atoms with Gasteiger partial charge < -0.3 is 9.88 Å². The summed E-state index contributed by atoms with van der Waals surface area (Å²) in [6, 6.07) is 14.2. The van der Waals surface area contributed by atoms with Gasteiger partial charge in [0.1, 0.15) is 5.56 Å². The van der Waals surface area contributed by atoms with Gasteiger partial charge >= 0.3 is 0 Å². The van der Waals surface area contributed by atoms with Gasteiger partial charge in [-0.15, -0.1) is 0 Å². The van der Waals surface area contributed by atoms with Crippen molar-refractivity contribution in [3.05, 3.63) is 80.6 Å². The molecule has 0 spiro atoms. The van der Waals surface area contributed by atoms with E-state index < -0.39 is 16.4 Å². The van der Waals surface area contributed by atoms with Crippen molar-refractivity contribution in [2.75, 3.05) is 11.9 Å². The van der Waals surface area contributed by atoms with Gasteiger partial charge in [0.15, 0.2) is 0 Å². The van der Waals surface area contributed by atoms with Crippen LogP contribution in [-0.4, -0.2) is 22.9 Å². The number of nitrogens with zero attached hydrogens (tertiary/aromatic N) is 2. The molecular formula is C17H13N3O4. The molecule has 1 N–H and O–H groups in total. The second kappa shape index (κ2) is 5.96. The number of nitro benzene ring substituents is 1. The summed E-state index contributed by atoms with van der Waals surface area (Å²) in [6.45, 7) is 0. The summed E-state index contributed by atoms with van der Waals surface area (Å²) in [5.74, 6) is -0.490. The number of hydrogen-bond acceptors (Lipinski definition) is 4. The molecule has 0 aliphatic rings. The topological polar surface area (TPSA) is 96.3 Å². The van der Waals surface area contributed by atoms with Crippen LogP contribution in [0.25, 0.3) is 10.9 Å². The molecule has 3 rings (SSSR count). The Labute approximate surface area is 136 Å². The van der Waals surface area contributed by atoms with Crippen LogP contribution in [0.15, 0.2) is 59.4 Å². The van der Waals surface area contributed by atoms with Crippen LogP contribution in [0.3, 0.4) is 0 Å². The number of para-hydroxylation sites is 1. The van der Waals surface area contributed by atoms with E-state index in [1.165, 1.54) is 36.2 Å². The fourth-order valence-electron chi connectivity index (χ4n) is 2.40. The average molecular weight is 323 g/mol. The monoisotopic (exact) mass is 323 g/mol. The first kappa shape index (κ1) is 15.4. The third-order valence-corrected chi connectivity index (χ3v) is 3.74. The number of nitrogens with one attached hydrogen (secondary N) is 1. The number of fused-ring (bicyclic) bond motifs is 1. The van der Waals surface area contributed by atoms with E-state index in [0.717, 1.165) is 5.39 Å². The average Bonchev–Trinajstić information content (AvgIpc) is 2.60. The van der Waals surface area contributed by atoms with Gasteiger partial charge in [0, 0.05) is 30.4 Å². The number of non-ortho nitro benzene ring substituents is 1. The molecule has 1 heterocycles. The molecule has 2 aromatic carbocycles. The first-order valence-corrected chi connectivity index (χ1v) is 7.12. The quantitative estimate of drug-likeness (QED) is 0.592. The lowest BCUT2D eigenvalue weighted by Gasteiger charge is -2.17. The molecule has 0 saturated carbocycles. The lowest BCUT2D eigenvalue weighted by Crippen LogP contribution is -2.31. The Hall–Kier alpha value is -3.48. The molecule has 0 fully saturated rings. The van der Waals surface area contributed by atoms with Crippen LogP contribution in [-0.2, 0) is 0 Å². The minimum atomic E-state index is -0.514. The zero-order chi connectivity index (χ0) is 17.3. The standard InChI is InChI=1S/C17H13N3O4/c1-19(12-6-8-13(9-7-12)20(23)24)17(22)14-10-11-4-2-3-5-15(11)18-16(14)21/h2-10H,1H3,(H,18,21). The molecule has 1 amide bonds. The largest absolute Gasteiger partial charge is 0.321 e. The van der Waals surface area contributed by atoms with Gasteiger partial charge in [0.2, 0.25) is 0 Å². The number of carbonyl (C=O) groups is 1. The van der Waals surface area contributed by atoms with Crippen LogP contribution in [0.5, 0.6) is 0 Å². The number of hydrogen-bond donors (Lipinski definition) is 1. The molecule has 0 aliphatic carbocycles.